The molecule has 3 rings (SSSR count). The van der Waals surface area contributed by atoms with Gasteiger partial charge >= 0.3 is 0 Å². The smallest absolute Gasteiger partial charge is 0.258 e. The minimum atomic E-state index is -3.58. The number of rotatable bonds is 4. The Morgan fingerprint density at radius 3 is 2.35 bits per heavy atom. The van der Waals surface area contributed by atoms with E-state index in [-0.39, 0.29) is 16.6 Å². The molecule has 20 heavy (non-hydrogen) atoms. The van der Waals surface area contributed by atoms with Gasteiger partial charge in [0.1, 0.15) is 0 Å². The van der Waals surface area contributed by atoms with Crippen molar-refractivity contribution in [3.63, 3.8) is 0 Å². The third-order valence-electron chi connectivity index (χ3n) is 4.40. The fraction of sp³-hybridized carbons (Fsp3) is 0.538. The van der Waals surface area contributed by atoms with Crippen molar-refractivity contribution in [3.8, 4) is 0 Å². The van der Waals surface area contributed by atoms with Crippen molar-refractivity contribution >= 4 is 15.7 Å². The van der Waals surface area contributed by atoms with E-state index >= 15 is 0 Å². The number of nitro benzene ring substituents is 1. The zero-order valence-corrected chi connectivity index (χ0v) is 11.7. The molecule has 2 aliphatic carbocycles. The molecule has 0 saturated heterocycles. The maximum atomic E-state index is 12.3. The zero-order valence-electron chi connectivity index (χ0n) is 10.9. The maximum Gasteiger partial charge on any atom is 0.269 e. The number of hydrogen-bond acceptors (Lipinski definition) is 4. The van der Waals surface area contributed by atoms with Crippen molar-refractivity contribution in [1.29, 1.82) is 0 Å². The Morgan fingerprint density at radius 1 is 1.15 bits per heavy atom. The van der Waals surface area contributed by atoms with Crippen LogP contribution in [0.2, 0.25) is 0 Å². The quantitative estimate of drug-likeness (QED) is 0.680. The van der Waals surface area contributed by atoms with Crippen LogP contribution in [-0.2, 0) is 10.0 Å². The second-order valence-corrected chi connectivity index (χ2v) is 7.37. The van der Waals surface area contributed by atoms with E-state index in [9.17, 15) is 18.5 Å². The van der Waals surface area contributed by atoms with Crippen LogP contribution in [0.15, 0.2) is 29.2 Å². The van der Waals surface area contributed by atoms with Gasteiger partial charge in [0.2, 0.25) is 10.0 Å². The number of non-ortho nitro benzene ring substituents is 1. The Balaban J connectivity index is 1.76. The summed E-state index contributed by atoms with van der Waals surface area (Å²) < 4.78 is 27.3. The van der Waals surface area contributed by atoms with Gasteiger partial charge in [-0.1, -0.05) is 6.42 Å². The van der Waals surface area contributed by atoms with E-state index in [0.717, 1.165) is 19.3 Å². The highest BCUT2D eigenvalue weighted by Crippen LogP contribution is 2.44. The first-order chi connectivity index (χ1) is 9.45. The lowest BCUT2D eigenvalue weighted by molar-refractivity contribution is -0.384. The van der Waals surface area contributed by atoms with E-state index in [1.54, 1.807) is 0 Å². The van der Waals surface area contributed by atoms with Crippen LogP contribution >= 0.6 is 0 Å². The number of sulfonamides is 1. The molecule has 0 heterocycles. The summed E-state index contributed by atoms with van der Waals surface area (Å²) in [4.78, 5) is 10.1. The Bertz CT molecular complexity index is 626. The van der Waals surface area contributed by atoms with Crippen LogP contribution in [0.3, 0.4) is 0 Å². The highest BCUT2D eigenvalue weighted by atomic mass is 32.2. The lowest BCUT2D eigenvalue weighted by Crippen LogP contribution is -2.38. The zero-order chi connectivity index (χ0) is 14.3. The van der Waals surface area contributed by atoms with Crippen molar-refractivity contribution in [2.45, 2.75) is 36.6 Å². The Morgan fingerprint density at radius 2 is 1.85 bits per heavy atom. The van der Waals surface area contributed by atoms with Crippen molar-refractivity contribution in [2.75, 3.05) is 0 Å². The molecule has 0 amide bonds. The molecule has 0 aliphatic heterocycles. The fourth-order valence-electron chi connectivity index (χ4n) is 3.40. The van der Waals surface area contributed by atoms with Gasteiger partial charge in [0.15, 0.2) is 0 Å². The summed E-state index contributed by atoms with van der Waals surface area (Å²) in [6.07, 6.45) is 4.34. The maximum absolute atomic E-state index is 12.3. The van der Waals surface area contributed by atoms with Crippen molar-refractivity contribution in [2.24, 2.45) is 11.8 Å². The molecule has 2 fully saturated rings. The van der Waals surface area contributed by atoms with Crippen molar-refractivity contribution in [3.05, 3.63) is 34.4 Å². The molecule has 0 radical (unpaired) electrons. The van der Waals surface area contributed by atoms with Gasteiger partial charge in [0.25, 0.3) is 5.69 Å². The number of nitrogens with zero attached hydrogens (tertiary/aromatic N) is 1. The molecular formula is C13H16N2O4S. The third-order valence-corrected chi connectivity index (χ3v) is 5.91. The molecule has 1 aromatic carbocycles. The highest BCUT2D eigenvalue weighted by Gasteiger charge is 2.41. The lowest BCUT2D eigenvalue weighted by Gasteiger charge is -2.22. The van der Waals surface area contributed by atoms with Gasteiger partial charge in [-0.2, -0.15) is 0 Å². The van der Waals surface area contributed by atoms with Gasteiger partial charge in [-0.05, 0) is 43.2 Å². The van der Waals surface area contributed by atoms with Crippen LogP contribution in [0.25, 0.3) is 0 Å². The first kappa shape index (κ1) is 13.5. The topological polar surface area (TPSA) is 89.3 Å². The first-order valence-corrected chi connectivity index (χ1v) is 8.21. The van der Waals surface area contributed by atoms with Crippen LogP contribution in [0.5, 0.6) is 0 Å². The molecule has 108 valence electrons. The summed E-state index contributed by atoms with van der Waals surface area (Å²) in [7, 11) is -3.58. The molecular weight excluding hydrogens is 280 g/mol. The van der Waals surface area contributed by atoms with Gasteiger partial charge in [-0.15, -0.1) is 0 Å². The number of nitro groups is 1. The molecule has 3 atom stereocenters. The predicted octanol–water partition coefficient (Wildman–Crippen LogP) is 2.06. The molecule has 0 unspecified atom stereocenters. The normalized spacial score (nSPS) is 28.7. The lowest BCUT2D eigenvalue weighted by atomic mass is 9.96. The number of hydrogen-bond donors (Lipinski definition) is 1. The Labute approximate surface area is 117 Å². The summed E-state index contributed by atoms with van der Waals surface area (Å²) in [5.74, 6) is 1.11. The molecule has 2 bridgehead atoms. The van der Waals surface area contributed by atoms with E-state index in [1.165, 1.54) is 30.7 Å². The summed E-state index contributed by atoms with van der Waals surface area (Å²) in [5.41, 5.74) is -0.108. The molecule has 2 aliphatic rings. The Kier molecular flexibility index (Phi) is 3.25. The average Bonchev–Trinajstić information content (AvgIpc) is 3.00. The van der Waals surface area contributed by atoms with Crippen LogP contribution in [0, 0.1) is 22.0 Å². The van der Waals surface area contributed by atoms with Crippen LogP contribution in [0.4, 0.5) is 5.69 Å². The van der Waals surface area contributed by atoms with E-state index < -0.39 is 14.9 Å². The second-order valence-electron chi connectivity index (χ2n) is 5.65. The standard InChI is InChI=1S/C13H16N2O4S/c16-15(17)11-3-5-12(6-4-11)20(18,19)14-13-8-9-1-2-10(13)7-9/h3-6,9-10,13-14H,1-2,7-8H2/t9-,10+,13+/m0/s1. The fourth-order valence-corrected chi connectivity index (χ4v) is 4.72. The molecule has 1 aromatic rings. The SMILES string of the molecule is O=[N+]([O-])c1ccc(S(=O)(=O)N[C@@H]2C[C@H]3CC[C@@H]2C3)cc1. The Hall–Kier alpha value is -1.47. The molecule has 7 heteroatoms. The summed E-state index contributed by atoms with van der Waals surface area (Å²) in [6, 6.07) is 5.03. The van der Waals surface area contributed by atoms with Gasteiger partial charge in [-0.3, -0.25) is 10.1 Å². The molecule has 0 aromatic heterocycles. The average molecular weight is 296 g/mol. The van der Waals surface area contributed by atoms with Gasteiger partial charge in [0, 0.05) is 18.2 Å². The molecule has 6 nitrogen and oxygen atoms in total. The highest BCUT2D eigenvalue weighted by molar-refractivity contribution is 7.89. The minimum absolute atomic E-state index is 0.0222. The number of nitrogens with one attached hydrogen (secondary N) is 1. The van der Waals surface area contributed by atoms with E-state index in [4.69, 9.17) is 0 Å². The van der Waals surface area contributed by atoms with Crippen LogP contribution in [-0.4, -0.2) is 19.4 Å². The molecule has 0 spiro atoms. The second kappa shape index (κ2) is 4.82. The largest absolute Gasteiger partial charge is 0.269 e. The van der Waals surface area contributed by atoms with Crippen molar-refractivity contribution in [1.82, 2.24) is 4.72 Å². The summed E-state index contributed by atoms with van der Waals surface area (Å²) in [5, 5.41) is 10.6. The van der Waals surface area contributed by atoms with E-state index in [2.05, 4.69) is 4.72 Å². The van der Waals surface area contributed by atoms with Gasteiger partial charge in [-0.25, -0.2) is 13.1 Å². The summed E-state index contributed by atoms with van der Waals surface area (Å²) >= 11 is 0. The summed E-state index contributed by atoms with van der Waals surface area (Å²) in [6.45, 7) is 0. The molecule has 2 saturated carbocycles. The third kappa shape index (κ3) is 2.43. The monoisotopic (exact) mass is 296 g/mol. The minimum Gasteiger partial charge on any atom is -0.258 e. The van der Waals surface area contributed by atoms with Crippen LogP contribution in [0.1, 0.15) is 25.7 Å². The predicted molar refractivity (Wildman–Crippen MR) is 72.7 cm³/mol. The first-order valence-electron chi connectivity index (χ1n) is 6.72. The molecule has 1 N–H and O–H groups in total. The van der Waals surface area contributed by atoms with Crippen molar-refractivity contribution < 1.29 is 13.3 Å². The van der Waals surface area contributed by atoms with Gasteiger partial charge in [0.05, 0.1) is 9.82 Å². The van der Waals surface area contributed by atoms with Gasteiger partial charge < -0.3 is 0 Å². The van der Waals surface area contributed by atoms with E-state index in [0.29, 0.717) is 11.8 Å². The number of fused-ring (bicyclic) bond motifs is 2. The van der Waals surface area contributed by atoms with E-state index in [1.807, 2.05) is 0 Å². The number of benzene rings is 1. The van der Waals surface area contributed by atoms with Crippen LogP contribution < -0.4 is 4.72 Å².